The zero-order valence-corrected chi connectivity index (χ0v) is 13.1. The van der Waals surface area contributed by atoms with Gasteiger partial charge in [0, 0.05) is 23.6 Å². The van der Waals surface area contributed by atoms with Crippen LogP contribution in [0, 0.1) is 5.41 Å². The lowest BCUT2D eigenvalue weighted by Gasteiger charge is -2.39. The number of hydrogen-bond acceptors (Lipinski definition) is 3. The number of amides is 2. The van der Waals surface area contributed by atoms with Crippen LogP contribution in [0.3, 0.4) is 0 Å². The first-order valence-corrected chi connectivity index (χ1v) is 7.61. The molecule has 1 aliphatic heterocycles. The molecule has 19 heavy (non-hydrogen) atoms. The molecule has 0 saturated carbocycles. The molecular formula is C13H24N2O3S. The number of thioether (sulfide) groups is 1. The maximum atomic E-state index is 12.3. The molecule has 0 bridgehead atoms. The van der Waals surface area contributed by atoms with Gasteiger partial charge in [0.15, 0.2) is 0 Å². The van der Waals surface area contributed by atoms with E-state index >= 15 is 0 Å². The van der Waals surface area contributed by atoms with Crippen molar-refractivity contribution in [2.45, 2.75) is 52.0 Å². The quantitative estimate of drug-likeness (QED) is 0.815. The van der Waals surface area contributed by atoms with E-state index in [0.29, 0.717) is 11.8 Å². The highest BCUT2D eigenvalue weighted by Gasteiger charge is 2.36. The predicted octanol–water partition coefficient (Wildman–Crippen LogP) is 2.02. The third-order valence-corrected chi connectivity index (χ3v) is 4.86. The average molecular weight is 288 g/mol. The summed E-state index contributed by atoms with van der Waals surface area (Å²) in [5, 5.41) is 12.3. The number of carboxylic acids is 1. The Morgan fingerprint density at radius 3 is 2.42 bits per heavy atom. The van der Waals surface area contributed by atoms with Crippen LogP contribution in [-0.2, 0) is 4.79 Å². The maximum Gasteiger partial charge on any atom is 0.326 e. The highest BCUT2D eigenvalue weighted by molar-refractivity contribution is 8.00. The van der Waals surface area contributed by atoms with Crippen LogP contribution in [0.1, 0.15) is 34.6 Å². The molecule has 1 saturated heterocycles. The van der Waals surface area contributed by atoms with Crippen molar-refractivity contribution in [3.05, 3.63) is 0 Å². The van der Waals surface area contributed by atoms with Gasteiger partial charge in [-0.05, 0) is 12.3 Å². The van der Waals surface area contributed by atoms with Gasteiger partial charge in [-0.15, -0.1) is 0 Å². The molecule has 0 aromatic carbocycles. The van der Waals surface area contributed by atoms with E-state index in [9.17, 15) is 14.7 Å². The molecule has 2 amide bonds. The van der Waals surface area contributed by atoms with Crippen LogP contribution < -0.4 is 5.32 Å². The Morgan fingerprint density at radius 2 is 1.95 bits per heavy atom. The van der Waals surface area contributed by atoms with Gasteiger partial charge in [0.05, 0.1) is 0 Å². The number of nitrogens with zero attached hydrogens (tertiary/aromatic N) is 1. The number of carbonyl (C=O) groups excluding carboxylic acids is 1. The average Bonchev–Trinajstić information content (AvgIpc) is 2.27. The number of rotatable bonds is 2. The molecule has 5 nitrogen and oxygen atoms in total. The Morgan fingerprint density at radius 1 is 1.37 bits per heavy atom. The minimum atomic E-state index is -0.993. The molecule has 1 heterocycles. The SMILES string of the molecule is CC1SCCN(C(=O)NC(C(=O)O)C(C)(C)C)C1C. The van der Waals surface area contributed by atoms with Gasteiger partial charge in [-0.2, -0.15) is 11.8 Å². The van der Waals surface area contributed by atoms with E-state index in [1.54, 1.807) is 4.90 Å². The fourth-order valence-corrected chi connectivity index (χ4v) is 3.17. The monoisotopic (exact) mass is 288 g/mol. The summed E-state index contributed by atoms with van der Waals surface area (Å²) in [4.78, 5) is 25.3. The lowest BCUT2D eigenvalue weighted by Crippen LogP contribution is -2.57. The summed E-state index contributed by atoms with van der Waals surface area (Å²) in [5.74, 6) is -0.0976. The van der Waals surface area contributed by atoms with Gasteiger partial charge in [0.1, 0.15) is 6.04 Å². The molecule has 1 fully saturated rings. The van der Waals surface area contributed by atoms with Crippen molar-refractivity contribution >= 4 is 23.8 Å². The van der Waals surface area contributed by atoms with Crippen LogP contribution in [0.4, 0.5) is 4.79 Å². The molecular weight excluding hydrogens is 264 g/mol. The second kappa shape index (κ2) is 6.03. The number of urea groups is 1. The Labute approximate surface area is 119 Å². The molecule has 0 aromatic heterocycles. The molecule has 0 spiro atoms. The predicted molar refractivity (Wildman–Crippen MR) is 77.5 cm³/mol. The van der Waals surface area contributed by atoms with Gasteiger partial charge in [-0.25, -0.2) is 9.59 Å². The summed E-state index contributed by atoms with van der Waals surface area (Å²) in [6, 6.07) is -1.03. The van der Waals surface area contributed by atoms with E-state index in [-0.39, 0.29) is 12.1 Å². The third kappa shape index (κ3) is 4.03. The van der Waals surface area contributed by atoms with E-state index in [1.807, 2.05) is 39.5 Å². The number of nitrogens with one attached hydrogen (secondary N) is 1. The maximum absolute atomic E-state index is 12.3. The Hall–Kier alpha value is -0.910. The van der Waals surface area contributed by atoms with E-state index < -0.39 is 17.4 Å². The summed E-state index contributed by atoms with van der Waals surface area (Å²) < 4.78 is 0. The number of aliphatic carboxylic acids is 1. The van der Waals surface area contributed by atoms with Gasteiger partial charge in [0.2, 0.25) is 0 Å². The Bertz CT molecular complexity index is 354. The molecule has 3 unspecified atom stereocenters. The van der Waals surface area contributed by atoms with Crippen molar-refractivity contribution in [2.75, 3.05) is 12.3 Å². The second-order valence-electron chi connectivity index (χ2n) is 6.10. The molecule has 110 valence electrons. The first-order chi connectivity index (χ1) is 8.64. The minimum Gasteiger partial charge on any atom is -0.480 e. The Balaban J connectivity index is 2.75. The van der Waals surface area contributed by atoms with Gasteiger partial charge in [-0.3, -0.25) is 0 Å². The molecule has 3 atom stereocenters. The van der Waals surface area contributed by atoms with Gasteiger partial charge in [-0.1, -0.05) is 27.7 Å². The third-order valence-electron chi connectivity index (χ3n) is 3.53. The summed E-state index contributed by atoms with van der Waals surface area (Å²) in [5.41, 5.74) is -0.513. The lowest BCUT2D eigenvalue weighted by atomic mass is 9.87. The van der Waals surface area contributed by atoms with Crippen LogP contribution in [0.2, 0.25) is 0 Å². The molecule has 0 aliphatic carbocycles. The minimum absolute atomic E-state index is 0.119. The van der Waals surface area contributed by atoms with E-state index in [2.05, 4.69) is 12.2 Å². The van der Waals surface area contributed by atoms with E-state index in [0.717, 1.165) is 5.75 Å². The fourth-order valence-electron chi connectivity index (χ4n) is 2.07. The van der Waals surface area contributed by atoms with Crippen LogP contribution in [0.25, 0.3) is 0 Å². The highest BCUT2D eigenvalue weighted by atomic mass is 32.2. The molecule has 2 N–H and O–H groups in total. The summed E-state index contributed by atoms with van der Waals surface area (Å²) in [6.45, 7) is 10.2. The standard InChI is InChI=1S/C13H24N2O3S/c1-8-9(2)19-7-6-15(8)12(18)14-10(11(16)17)13(3,4)5/h8-10H,6-7H2,1-5H3,(H,14,18)(H,16,17). The van der Waals surface area contributed by atoms with Crippen LogP contribution >= 0.6 is 11.8 Å². The number of carboxylic acid groups (broad SMARTS) is 1. The number of carbonyl (C=O) groups is 2. The largest absolute Gasteiger partial charge is 0.480 e. The van der Waals surface area contributed by atoms with Crippen molar-refractivity contribution in [2.24, 2.45) is 5.41 Å². The van der Waals surface area contributed by atoms with E-state index in [1.165, 1.54) is 0 Å². The zero-order chi connectivity index (χ0) is 14.8. The van der Waals surface area contributed by atoms with Crippen molar-refractivity contribution in [1.29, 1.82) is 0 Å². The normalized spacial score (nSPS) is 25.8. The van der Waals surface area contributed by atoms with Gasteiger partial charge < -0.3 is 15.3 Å². The van der Waals surface area contributed by atoms with E-state index in [4.69, 9.17) is 0 Å². The first kappa shape index (κ1) is 16.1. The smallest absolute Gasteiger partial charge is 0.326 e. The molecule has 1 aliphatic rings. The first-order valence-electron chi connectivity index (χ1n) is 6.56. The number of hydrogen-bond donors (Lipinski definition) is 2. The van der Waals surface area contributed by atoms with Crippen LogP contribution in [0.15, 0.2) is 0 Å². The molecule has 0 radical (unpaired) electrons. The summed E-state index contributed by atoms with van der Waals surface area (Å²) in [6.07, 6.45) is 0. The highest BCUT2D eigenvalue weighted by Crippen LogP contribution is 2.25. The zero-order valence-electron chi connectivity index (χ0n) is 12.3. The van der Waals surface area contributed by atoms with Gasteiger partial charge >= 0.3 is 12.0 Å². The van der Waals surface area contributed by atoms with Crippen LogP contribution in [0.5, 0.6) is 0 Å². The van der Waals surface area contributed by atoms with Crippen molar-refractivity contribution < 1.29 is 14.7 Å². The summed E-state index contributed by atoms with van der Waals surface area (Å²) >= 11 is 1.84. The van der Waals surface area contributed by atoms with Crippen molar-refractivity contribution in [3.63, 3.8) is 0 Å². The second-order valence-corrected chi connectivity index (χ2v) is 7.58. The lowest BCUT2D eigenvalue weighted by molar-refractivity contribution is -0.142. The Kier molecular flexibility index (Phi) is 5.12. The van der Waals surface area contributed by atoms with Crippen LogP contribution in [-0.4, -0.2) is 51.6 Å². The topological polar surface area (TPSA) is 69.6 Å². The molecule has 0 aromatic rings. The van der Waals surface area contributed by atoms with Crippen molar-refractivity contribution in [1.82, 2.24) is 10.2 Å². The van der Waals surface area contributed by atoms with Gasteiger partial charge in [0.25, 0.3) is 0 Å². The summed E-state index contributed by atoms with van der Waals surface area (Å²) in [7, 11) is 0. The fraction of sp³-hybridized carbons (Fsp3) is 0.846. The van der Waals surface area contributed by atoms with Crippen molar-refractivity contribution in [3.8, 4) is 0 Å². The molecule has 6 heteroatoms. The molecule has 1 rings (SSSR count).